The molecule has 0 unspecified atom stereocenters. The third kappa shape index (κ3) is 5.76. The Morgan fingerprint density at radius 2 is 0.882 bits per heavy atom. The molecule has 0 spiro atoms. The molecule has 2 aromatic heterocycles. The number of benzene rings is 11. The van der Waals surface area contributed by atoms with Gasteiger partial charge in [0, 0.05) is 61.9 Å². The number of hydrogen-bond acceptors (Lipinski definition) is 5. The number of fused-ring (bicyclic) bond motifs is 10. The zero-order valence-corrected chi connectivity index (χ0v) is 37.1. The third-order valence-electron chi connectivity index (χ3n) is 14.0. The van der Waals surface area contributed by atoms with Crippen LogP contribution >= 0.6 is 0 Å². The average molecular weight is 872 g/mol. The van der Waals surface area contributed by atoms with Crippen LogP contribution < -0.4 is 14.7 Å². The lowest BCUT2D eigenvalue weighted by molar-refractivity contribution is 0.669. The van der Waals surface area contributed by atoms with Gasteiger partial charge < -0.3 is 23.5 Å². The van der Waals surface area contributed by atoms with E-state index in [2.05, 4.69) is 240 Å². The van der Waals surface area contributed by atoms with E-state index in [9.17, 15) is 0 Å². The Labute approximate surface area is 392 Å². The van der Waals surface area contributed by atoms with Gasteiger partial charge in [0.05, 0.1) is 34.1 Å². The minimum Gasteiger partial charge on any atom is -0.455 e. The van der Waals surface area contributed by atoms with E-state index in [0.29, 0.717) is 0 Å². The van der Waals surface area contributed by atoms with E-state index in [-0.39, 0.29) is 0 Å². The predicted molar refractivity (Wildman–Crippen MR) is 284 cm³/mol. The van der Waals surface area contributed by atoms with Gasteiger partial charge in [0.15, 0.2) is 0 Å². The lowest BCUT2D eigenvalue weighted by Gasteiger charge is -2.40. The topological polar surface area (TPSA) is 36.0 Å². The molecule has 0 saturated heterocycles. The van der Waals surface area contributed by atoms with Gasteiger partial charge >= 0.3 is 0 Å². The Bertz CT molecular complexity index is 4140. The maximum atomic E-state index is 6.62. The van der Waals surface area contributed by atoms with E-state index in [1.54, 1.807) is 0 Å². The molecule has 0 fully saturated rings. The van der Waals surface area contributed by atoms with Crippen molar-refractivity contribution >= 4 is 111 Å². The summed E-state index contributed by atoms with van der Waals surface area (Å²) in [6, 6.07) is 82.6. The molecule has 0 amide bonds. The fourth-order valence-corrected chi connectivity index (χ4v) is 10.8. The first-order valence-corrected chi connectivity index (χ1v) is 23.1. The van der Waals surface area contributed by atoms with E-state index in [4.69, 9.17) is 8.83 Å². The summed E-state index contributed by atoms with van der Waals surface area (Å²) in [5, 5.41) is 9.14. The molecule has 1 aliphatic rings. The fraction of sp³-hybridized carbons (Fsp3) is 0.0159. The minimum absolute atomic E-state index is 0.888. The average Bonchev–Trinajstić information content (AvgIpc) is 3.98. The molecule has 11 aromatic carbocycles. The first-order valence-electron chi connectivity index (χ1n) is 23.1. The second kappa shape index (κ2) is 15.0. The standard InChI is InChI=1S/C63H41N3O2/c1-64-58-38-41(45-25-14-27-52-49-23-9-11-30-60(49)67-62(45)52)32-35-56(58)66(55-37-34-47(46-21-7-8-22-48(46)55)51-26-15-28-53-50-24-10-12-31-61(50)68-63(51)53)57-36-33-43(39-59(57)64)65(42-18-3-2-4-19-42)54-29-13-17-40-16-5-6-20-44(40)54/h2-39H,1H3. The first kappa shape index (κ1) is 38.2. The van der Waals surface area contributed by atoms with Crippen LogP contribution in [0.3, 0.4) is 0 Å². The van der Waals surface area contributed by atoms with Crippen molar-refractivity contribution in [1.82, 2.24) is 0 Å². The zero-order valence-electron chi connectivity index (χ0n) is 37.1. The van der Waals surface area contributed by atoms with Crippen molar-refractivity contribution in [2.45, 2.75) is 0 Å². The molecular weight excluding hydrogens is 831 g/mol. The number of furan rings is 2. The Hall–Kier alpha value is -9.06. The largest absolute Gasteiger partial charge is 0.455 e. The highest BCUT2D eigenvalue weighted by atomic mass is 16.3. The summed E-state index contributed by atoms with van der Waals surface area (Å²) >= 11 is 0. The van der Waals surface area contributed by atoms with Gasteiger partial charge in [-0.15, -0.1) is 0 Å². The molecule has 14 rings (SSSR count). The van der Waals surface area contributed by atoms with Gasteiger partial charge in [-0.25, -0.2) is 0 Å². The molecule has 0 radical (unpaired) electrons. The summed E-state index contributed by atoms with van der Waals surface area (Å²) in [7, 11) is 2.20. The normalized spacial score (nSPS) is 12.4. The van der Waals surface area contributed by atoms with Crippen molar-refractivity contribution in [2.75, 3.05) is 21.7 Å². The van der Waals surface area contributed by atoms with E-state index in [1.807, 2.05) is 12.1 Å². The smallest absolute Gasteiger partial charge is 0.143 e. The molecule has 5 nitrogen and oxygen atoms in total. The van der Waals surface area contributed by atoms with Crippen LogP contribution in [0, 0.1) is 0 Å². The van der Waals surface area contributed by atoms with Crippen molar-refractivity contribution in [3.63, 3.8) is 0 Å². The molecule has 0 atom stereocenters. The maximum Gasteiger partial charge on any atom is 0.143 e. The summed E-state index contributed by atoms with van der Waals surface area (Å²) in [6.07, 6.45) is 0. The van der Waals surface area contributed by atoms with Crippen molar-refractivity contribution in [2.24, 2.45) is 0 Å². The number of rotatable bonds is 6. The van der Waals surface area contributed by atoms with E-state index in [1.165, 1.54) is 10.8 Å². The van der Waals surface area contributed by atoms with Crippen molar-refractivity contribution in [1.29, 1.82) is 0 Å². The molecule has 0 N–H and O–H groups in total. The lowest BCUT2D eigenvalue weighted by Crippen LogP contribution is -2.25. The molecule has 13 aromatic rings. The van der Waals surface area contributed by atoms with E-state index in [0.717, 1.165) is 122 Å². The van der Waals surface area contributed by atoms with Crippen molar-refractivity contribution in [3.05, 3.63) is 231 Å². The Morgan fingerprint density at radius 1 is 0.338 bits per heavy atom. The van der Waals surface area contributed by atoms with Crippen LogP contribution in [0.4, 0.5) is 45.5 Å². The third-order valence-corrected chi connectivity index (χ3v) is 14.0. The zero-order chi connectivity index (χ0) is 44.9. The summed E-state index contributed by atoms with van der Waals surface area (Å²) in [4.78, 5) is 7.20. The monoisotopic (exact) mass is 871 g/mol. The van der Waals surface area contributed by atoms with Crippen LogP contribution in [0.25, 0.3) is 87.7 Å². The number of para-hydroxylation sites is 5. The summed E-state index contributed by atoms with van der Waals surface area (Å²) < 4.78 is 13.2. The molecule has 1 aliphatic heterocycles. The second-order valence-corrected chi connectivity index (χ2v) is 17.7. The lowest BCUT2D eigenvalue weighted by atomic mass is 9.94. The molecule has 5 heteroatoms. The number of nitrogens with zero attached hydrogens (tertiary/aromatic N) is 3. The van der Waals surface area contributed by atoms with Gasteiger partial charge in [-0.1, -0.05) is 164 Å². The highest BCUT2D eigenvalue weighted by molar-refractivity contribution is 6.16. The van der Waals surface area contributed by atoms with E-state index < -0.39 is 0 Å². The van der Waals surface area contributed by atoms with Gasteiger partial charge in [0.25, 0.3) is 0 Å². The molecular formula is C63H41N3O2. The molecule has 0 aliphatic carbocycles. The van der Waals surface area contributed by atoms with Gasteiger partial charge in [-0.2, -0.15) is 0 Å². The van der Waals surface area contributed by atoms with Crippen LogP contribution in [-0.2, 0) is 0 Å². The fourth-order valence-electron chi connectivity index (χ4n) is 10.8. The Balaban J connectivity index is 0.997. The quantitative estimate of drug-likeness (QED) is 0.166. The number of hydrogen-bond donors (Lipinski definition) is 0. The van der Waals surface area contributed by atoms with Crippen LogP contribution in [0.2, 0.25) is 0 Å². The van der Waals surface area contributed by atoms with Crippen LogP contribution in [0.5, 0.6) is 0 Å². The summed E-state index contributed by atoms with van der Waals surface area (Å²) in [6.45, 7) is 0. The van der Waals surface area contributed by atoms with Crippen LogP contribution in [0.15, 0.2) is 239 Å². The first-order chi connectivity index (χ1) is 33.7. The van der Waals surface area contributed by atoms with Gasteiger partial charge in [-0.05, 0) is 88.6 Å². The van der Waals surface area contributed by atoms with E-state index >= 15 is 0 Å². The minimum atomic E-state index is 0.888. The van der Waals surface area contributed by atoms with Crippen molar-refractivity contribution < 1.29 is 8.83 Å². The highest BCUT2D eigenvalue weighted by Gasteiger charge is 2.31. The highest BCUT2D eigenvalue weighted by Crippen LogP contribution is 2.56. The molecule has 320 valence electrons. The summed E-state index contributed by atoms with van der Waals surface area (Å²) in [5.74, 6) is 0. The van der Waals surface area contributed by atoms with Crippen LogP contribution in [0.1, 0.15) is 0 Å². The van der Waals surface area contributed by atoms with Crippen LogP contribution in [-0.4, -0.2) is 7.05 Å². The van der Waals surface area contributed by atoms with Gasteiger partial charge in [-0.3, -0.25) is 0 Å². The summed E-state index contributed by atoms with van der Waals surface area (Å²) in [5.41, 5.74) is 16.6. The van der Waals surface area contributed by atoms with Gasteiger partial charge in [0.1, 0.15) is 22.3 Å². The molecule has 68 heavy (non-hydrogen) atoms. The molecule has 0 bridgehead atoms. The van der Waals surface area contributed by atoms with Gasteiger partial charge in [0.2, 0.25) is 0 Å². The van der Waals surface area contributed by atoms with Crippen molar-refractivity contribution in [3.8, 4) is 22.3 Å². The molecule has 0 saturated carbocycles. The SMILES string of the molecule is CN1c2cc(-c3cccc4c3oc3ccccc34)ccc2N(c2ccc(-c3cccc4c3oc3ccccc34)c3ccccc23)c2ccc(N(c3ccccc3)c3cccc4ccccc34)cc21. The predicted octanol–water partition coefficient (Wildman–Crippen LogP) is 18.1. The molecule has 3 heterocycles. The Morgan fingerprint density at radius 3 is 1.63 bits per heavy atom. The number of anilines is 8. The second-order valence-electron chi connectivity index (χ2n) is 17.7. The maximum absolute atomic E-state index is 6.62. The Kier molecular flexibility index (Phi) is 8.43.